The van der Waals surface area contributed by atoms with Gasteiger partial charge in [0.2, 0.25) is 0 Å². The number of nitrogens with zero attached hydrogens (tertiary/aromatic N) is 4. The molecule has 0 N–H and O–H groups in total. The number of rotatable bonds is 10. The van der Waals surface area contributed by atoms with Crippen molar-refractivity contribution in [1.82, 2.24) is 14.4 Å². The van der Waals surface area contributed by atoms with Crippen molar-refractivity contribution >= 4 is 22.7 Å². The number of ether oxygens (including phenoxy) is 3. The van der Waals surface area contributed by atoms with Gasteiger partial charge in [0.25, 0.3) is 0 Å². The molecule has 3 aromatic rings. The van der Waals surface area contributed by atoms with Gasteiger partial charge in [-0.1, -0.05) is 47.1 Å². The summed E-state index contributed by atoms with van der Waals surface area (Å²) in [5.41, 5.74) is 5.82. The van der Waals surface area contributed by atoms with Gasteiger partial charge in [-0.15, -0.1) is 0 Å². The topological polar surface area (TPSA) is 60.7 Å². The average molecular weight is 531 g/mol. The highest BCUT2D eigenvalue weighted by molar-refractivity contribution is 6.08. The number of fused-ring (bicyclic) bond motifs is 4. The van der Waals surface area contributed by atoms with E-state index in [9.17, 15) is 0 Å². The molecule has 0 aliphatic carbocycles. The van der Waals surface area contributed by atoms with Gasteiger partial charge in [-0.2, -0.15) is 0 Å². The largest absolute Gasteiger partial charge is 0.492 e. The fourth-order valence-corrected chi connectivity index (χ4v) is 5.79. The smallest absolute Gasteiger partial charge is 0.151 e. The van der Waals surface area contributed by atoms with Crippen molar-refractivity contribution in [3.63, 3.8) is 0 Å². The summed E-state index contributed by atoms with van der Waals surface area (Å²) in [4.78, 5) is 11.1. The molecule has 0 bridgehead atoms. The van der Waals surface area contributed by atoms with E-state index in [1.807, 2.05) is 0 Å². The Morgan fingerprint density at radius 3 is 2.69 bits per heavy atom. The summed E-state index contributed by atoms with van der Waals surface area (Å²) in [6, 6.07) is 17.0. The third-order valence-corrected chi connectivity index (χ3v) is 7.90. The van der Waals surface area contributed by atoms with Crippen LogP contribution in [-0.2, 0) is 21.0 Å². The van der Waals surface area contributed by atoms with Crippen LogP contribution in [0.2, 0.25) is 0 Å². The molecule has 2 aromatic carbocycles. The van der Waals surface area contributed by atoms with Crippen molar-refractivity contribution in [3.05, 3.63) is 71.4 Å². The molecular formula is C31H38N4O4. The zero-order chi connectivity index (χ0) is 26.6. The zero-order valence-electron chi connectivity index (χ0n) is 22.9. The minimum Gasteiger partial charge on any atom is -0.492 e. The molecule has 8 heteroatoms. The Morgan fingerprint density at radius 1 is 1.05 bits per heavy atom. The Balaban J connectivity index is 1.03. The number of methoxy groups -OCH3 is 1. The maximum Gasteiger partial charge on any atom is 0.151 e. The van der Waals surface area contributed by atoms with E-state index >= 15 is 0 Å². The van der Waals surface area contributed by atoms with Gasteiger partial charge >= 0.3 is 0 Å². The molecule has 0 saturated carbocycles. The van der Waals surface area contributed by atoms with Crippen LogP contribution in [0.3, 0.4) is 0 Å². The van der Waals surface area contributed by atoms with Crippen molar-refractivity contribution in [2.45, 2.75) is 19.8 Å². The van der Waals surface area contributed by atoms with Crippen LogP contribution in [0.15, 0.2) is 65.5 Å². The highest BCUT2D eigenvalue weighted by atomic mass is 16.6. The maximum absolute atomic E-state index is 6.27. The highest BCUT2D eigenvalue weighted by Gasteiger charge is 2.41. The Labute approximate surface area is 230 Å². The van der Waals surface area contributed by atoms with Gasteiger partial charge < -0.3 is 23.6 Å². The van der Waals surface area contributed by atoms with Crippen LogP contribution in [0, 0.1) is 5.92 Å². The molecule has 0 amide bonds. The molecule has 2 atom stereocenters. The molecule has 4 heterocycles. The van der Waals surface area contributed by atoms with Crippen LogP contribution >= 0.6 is 0 Å². The first-order valence-corrected chi connectivity index (χ1v) is 13.9. The quantitative estimate of drug-likeness (QED) is 0.368. The fourth-order valence-electron chi connectivity index (χ4n) is 5.79. The van der Waals surface area contributed by atoms with E-state index in [4.69, 9.17) is 19.0 Å². The number of piperazine rings is 1. The SMILES string of the molecule is COCCOCn1ccc2cc3c(cc21)OCC1C3=NOC1CN1CCN(C/C(C)=C/c2ccccc2)CC1. The molecule has 8 nitrogen and oxygen atoms in total. The van der Waals surface area contributed by atoms with Crippen LogP contribution in [0.25, 0.3) is 17.0 Å². The lowest BCUT2D eigenvalue weighted by atomic mass is 9.89. The summed E-state index contributed by atoms with van der Waals surface area (Å²) in [5, 5.41) is 5.72. The van der Waals surface area contributed by atoms with Crippen molar-refractivity contribution in [2.24, 2.45) is 11.1 Å². The van der Waals surface area contributed by atoms with E-state index in [0.29, 0.717) is 26.6 Å². The van der Waals surface area contributed by atoms with Crippen LogP contribution in [0.5, 0.6) is 5.75 Å². The second-order valence-corrected chi connectivity index (χ2v) is 10.7. The number of hydrogen-bond acceptors (Lipinski definition) is 7. The normalized spacial score (nSPS) is 21.8. The molecule has 2 unspecified atom stereocenters. The van der Waals surface area contributed by atoms with Gasteiger partial charge in [-0.05, 0) is 24.6 Å². The van der Waals surface area contributed by atoms with E-state index < -0.39 is 0 Å². The Kier molecular flexibility index (Phi) is 7.97. The summed E-state index contributed by atoms with van der Waals surface area (Å²) in [7, 11) is 1.68. The van der Waals surface area contributed by atoms with Crippen molar-refractivity contribution in [1.29, 1.82) is 0 Å². The first-order valence-electron chi connectivity index (χ1n) is 13.9. The molecule has 39 heavy (non-hydrogen) atoms. The van der Waals surface area contributed by atoms with Gasteiger partial charge in [0.1, 0.15) is 24.8 Å². The van der Waals surface area contributed by atoms with E-state index in [2.05, 4.69) is 87.3 Å². The summed E-state index contributed by atoms with van der Waals surface area (Å²) in [5.74, 6) is 1.02. The third kappa shape index (κ3) is 5.89. The van der Waals surface area contributed by atoms with Crippen molar-refractivity contribution < 1.29 is 19.0 Å². The summed E-state index contributed by atoms with van der Waals surface area (Å²) >= 11 is 0. The van der Waals surface area contributed by atoms with E-state index in [1.54, 1.807) is 7.11 Å². The minimum atomic E-state index is 0.0221. The van der Waals surface area contributed by atoms with Crippen LogP contribution in [0.4, 0.5) is 0 Å². The second kappa shape index (κ2) is 11.9. The third-order valence-electron chi connectivity index (χ3n) is 7.90. The Bertz CT molecular complexity index is 1330. The fraction of sp³-hybridized carbons (Fsp3) is 0.452. The van der Waals surface area contributed by atoms with Crippen molar-refractivity contribution in [2.75, 3.05) is 66.2 Å². The minimum absolute atomic E-state index is 0.0221. The Hall–Kier alpha value is -3.17. The lowest BCUT2D eigenvalue weighted by Gasteiger charge is -2.36. The molecular weight excluding hydrogens is 492 g/mol. The molecule has 1 saturated heterocycles. The van der Waals surface area contributed by atoms with Gasteiger partial charge in [-0.25, -0.2) is 0 Å². The maximum atomic E-state index is 6.27. The van der Waals surface area contributed by atoms with Crippen LogP contribution < -0.4 is 4.74 Å². The van der Waals surface area contributed by atoms with Gasteiger partial charge in [0.15, 0.2) is 6.10 Å². The van der Waals surface area contributed by atoms with E-state index in [1.165, 1.54) is 11.1 Å². The first-order chi connectivity index (χ1) is 19.2. The second-order valence-electron chi connectivity index (χ2n) is 10.7. The number of hydrogen-bond donors (Lipinski definition) is 0. The molecule has 1 fully saturated rings. The number of aromatic nitrogens is 1. The molecule has 0 spiro atoms. The molecule has 3 aliphatic rings. The van der Waals surface area contributed by atoms with Gasteiger partial charge in [0.05, 0.1) is 24.6 Å². The van der Waals surface area contributed by atoms with Crippen LogP contribution in [-0.4, -0.2) is 92.4 Å². The molecule has 6 rings (SSSR count). The highest BCUT2D eigenvalue weighted by Crippen LogP contribution is 2.37. The zero-order valence-corrected chi connectivity index (χ0v) is 22.9. The predicted molar refractivity (Wildman–Crippen MR) is 153 cm³/mol. The van der Waals surface area contributed by atoms with Crippen LogP contribution in [0.1, 0.15) is 18.1 Å². The standard InChI is InChI=1S/C31H38N4O4/c1-23(16-24-6-4-3-5-7-24)19-33-10-12-34(13-11-33)20-30-27-21-38-29-18-28-25(17-26(29)31(27)32-39-30)8-9-35(28)22-37-15-14-36-2/h3-9,16-18,27,30H,10-15,19-22H2,1-2H3/b23-16+. The number of benzene rings is 2. The molecule has 0 radical (unpaired) electrons. The summed E-state index contributed by atoms with van der Waals surface area (Å²) < 4.78 is 19.2. The number of oxime groups is 1. The van der Waals surface area contributed by atoms with Gasteiger partial charge in [0, 0.05) is 69.6 Å². The average Bonchev–Trinajstić information content (AvgIpc) is 3.55. The molecule has 3 aliphatic heterocycles. The van der Waals surface area contributed by atoms with Crippen molar-refractivity contribution in [3.8, 4) is 5.75 Å². The van der Waals surface area contributed by atoms with E-state index in [-0.39, 0.29) is 12.0 Å². The molecule has 206 valence electrons. The van der Waals surface area contributed by atoms with Gasteiger partial charge in [-0.3, -0.25) is 9.80 Å². The summed E-state index contributed by atoms with van der Waals surface area (Å²) in [6.45, 7) is 10.5. The molecule has 1 aromatic heterocycles. The summed E-state index contributed by atoms with van der Waals surface area (Å²) in [6.07, 6.45) is 4.36. The van der Waals surface area contributed by atoms with E-state index in [0.717, 1.165) is 67.2 Å². The predicted octanol–water partition coefficient (Wildman–Crippen LogP) is 4.09. The first kappa shape index (κ1) is 26.1. The monoisotopic (exact) mass is 530 g/mol. The lowest BCUT2D eigenvalue weighted by molar-refractivity contribution is 0.0101. The lowest BCUT2D eigenvalue weighted by Crippen LogP contribution is -2.50. The Morgan fingerprint density at radius 2 is 1.87 bits per heavy atom.